The molecule has 1 aliphatic carbocycles. The Hall–Kier alpha value is -3.10. The smallest absolute Gasteiger partial charge is 0.270 e. The van der Waals surface area contributed by atoms with Crippen LogP contribution < -0.4 is 14.8 Å². The lowest BCUT2D eigenvalue weighted by atomic mass is 10.3. The number of amides is 1. The zero-order chi connectivity index (χ0) is 19.7. The third kappa shape index (κ3) is 4.08. The van der Waals surface area contributed by atoms with E-state index in [1.165, 1.54) is 19.8 Å². The molecule has 0 radical (unpaired) electrons. The Morgan fingerprint density at radius 1 is 1.43 bits per heavy atom. The van der Waals surface area contributed by atoms with Gasteiger partial charge in [-0.05, 0) is 37.8 Å². The molecule has 1 unspecified atom stereocenters. The second-order valence-corrected chi connectivity index (χ2v) is 7.03. The Morgan fingerprint density at radius 2 is 2.25 bits per heavy atom. The molecule has 2 aromatic heterocycles. The van der Waals surface area contributed by atoms with Gasteiger partial charge >= 0.3 is 0 Å². The lowest BCUT2D eigenvalue weighted by molar-refractivity contribution is -0.119. The van der Waals surface area contributed by atoms with Crippen molar-refractivity contribution in [2.45, 2.75) is 32.7 Å². The molecule has 4 rings (SSSR count). The quantitative estimate of drug-likeness (QED) is 0.615. The lowest BCUT2D eigenvalue weighted by Crippen LogP contribution is -2.35. The third-order valence-corrected chi connectivity index (χ3v) is 4.35. The number of nitrogens with one attached hydrogen (secondary N) is 2. The van der Waals surface area contributed by atoms with Crippen molar-refractivity contribution in [2.75, 3.05) is 13.2 Å². The molecule has 1 aromatic carbocycles. The normalized spacial score (nSPS) is 14.8. The van der Waals surface area contributed by atoms with Gasteiger partial charge in [0.25, 0.3) is 5.88 Å². The molecule has 1 amide bonds. The van der Waals surface area contributed by atoms with Crippen LogP contribution in [-0.2, 0) is 4.79 Å². The number of aromatic nitrogens is 3. The number of carbonyl (C=O) groups is 1. The summed E-state index contributed by atoms with van der Waals surface area (Å²) in [6, 6.07) is 5.05. The van der Waals surface area contributed by atoms with Gasteiger partial charge in [-0.1, -0.05) is 0 Å². The van der Waals surface area contributed by atoms with Crippen molar-refractivity contribution in [2.24, 2.45) is 5.92 Å². The number of halogens is 1. The maximum Gasteiger partial charge on any atom is 0.270 e. The number of carbonyl (C=O) groups excluding carboxylic acids is 1. The van der Waals surface area contributed by atoms with Crippen LogP contribution in [0.2, 0.25) is 0 Å². The molecular formula is C19H21FN4O4. The average molecular weight is 388 g/mol. The van der Waals surface area contributed by atoms with E-state index in [9.17, 15) is 9.18 Å². The number of hydrogen-bond acceptors (Lipinski definition) is 6. The van der Waals surface area contributed by atoms with Crippen LogP contribution >= 0.6 is 0 Å². The first-order chi connectivity index (χ1) is 13.5. The number of H-pyrrole nitrogens is 1. The number of fused-ring (bicyclic) bond motifs is 1. The minimum absolute atomic E-state index is 0.00108. The molecule has 1 aliphatic rings. The summed E-state index contributed by atoms with van der Waals surface area (Å²) in [5.41, 5.74) is 1.09. The van der Waals surface area contributed by atoms with E-state index >= 15 is 0 Å². The molecule has 8 nitrogen and oxygen atoms in total. The van der Waals surface area contributed by atoms with E-state index in [0.29, 0.717) is 29.4 Å². The van der Waals surface area contributed by atoms with Crippen LogP contribution in [0.3, 0.4) is 0 Å². The van der Waals surface area contributed by atoms with Crippen molar-refractivity contribution in [3.8, 4) is 23.2 Å². The third-order valence-electron chi connectivity index (χ3n) is 4.35. The van der Waals surface area contributed by atoms with Crippen molar-refractivity contribution in [3.63, 3.8) is 0 Å². The summed E-state index contributed by atoms with van der Waals surface area (Å²) in [5, 5.41) is 9.03. The number of ether oxygens (including phenoxy) is 2. The summed E-state index contributed by atoms with van der Waals surface area (Å²) >= 11 is 0. The molecule has 1 fully saturated rings. The predicted octanol–water partition coefficient (Wildman–Crippen LogP) is 3.05. The summed E-state index contributed by atoms with van der Waals surface area (Å²) in [4.78, 5) is 15.3. The van der Waals surface area contributed by atoms with Gasteiger partial charge in [0.2, 0.25) is 17.6 Å². The highest BCUT2D eigenvalue weighted by atomic mass is 19.1. The molecule has 0 spiro atoms. The van der Waals surface area contributed by atoms with Gasteiger partial charge in [0.05, 0.1) is 12.6 Å². The fraction of sp³-hybridized carbons (Fsp3) is 0.421. The second-order valence-electron chi connectivity index (χ2n) is 7.03. The first kappa shape index (κ1) is 18.3. The van der Waals surface area contributed by atoms with Crippen LogP contribution in [0.25, 0.3) is 22.7 Å². The molecule has 0 bridgehead atoms. The molecule has 148 valence electrons. The minimum atomic E-state index is -0.702. The van der Waals surface area contributed by atoms with Gasteiger partial charge in [-0.3, -0.25) is 9.89 Å². The highest BCUT2D eigenvalue weighted by Crippen LogP contribution is 2.32. The van der Waals surface area contributed by atoms with Gasteiger partial charge in [0.15, 0.2) is 11.3 Å². The maximum atomic E-state index is 14.6. The minimum Gasteiger partial charge on any atom is -0.493 e. The van der Waals surface area contributed by atoms with Gasteiger partial charge in [0.1, 0.15) is 17.9 Å². The Kier molecular flexibility index (Phi) is 4.89. The van der Waals surface area contributed by atoms with E-state index in [0.717, 1.165) is 0 Å². The molecule has 9 heteroatoms. The number of benzene rings is 1. The largest absolute Gasteiger partial charge is 0.493 e. The van der Waals surface area contributed by atoms with Crippen LogP contribution in [0.1, 0.15) is 26.7 Å². The fourth-order valence-electron chi connectivity index (χ4n) is 2.74. The summed E-state index contributed by atoms with van der Waals surface area (Å²) in [5.74, 6) is 0.320. The monoisotopic (exact) mass is 388 g/mol. The number of aromatic amines is 1. The topological polar surface area (TPSA) is 102 Å². The predicted molar refractivity (Wildman–Crippen MR) is 98.5 cm³/mol. The van der Waals surface area contributed by atoms with Crippen LogP contribution in [0.15, 0.2) is 22.6 Å². The molecule has 0 aliphatic heterocycles. The van der Waals surface area contributed by atoms with Gasteiger partial charge in [-0.15, -0.1) is 5.10 Å². The van der Waals surface area contributed by atoms with E-state index in [2.05, 4.69) is 20.5 Å². The highest BCUT2D eigenvalue weighted by molar-refractivity contribution is 5.77. The average Bonchev–Trinajstić information content (AvgIpc) is 3.27. The van der Waals surface area contributed by atoms with Crippen molar-refractivity contribution >= 4 is 17.0 Å². The molecule has 3 aromatic rings. The zero-order valence-electron chi connectivity index (χ0n) is 15.6. The number of hydrogen-bond donors (Lipinski definition) is 2. The molecule has 28 heavy (non-hydrogen) atoms. The Bertz CT molecular complexity index is 995. The van der Waals surface area contributed by atoms with Gasteiger partial charge in [-0.25, -0.2) is 4.98 Å². The summed E-state index contributed by atoms with van der Waals surface area (Å²) in [7, 11) is 0. The number of nitrogens with zero attached hydrogens (tertiary/aromatic N) is 2. The van der Waals surface area contributed by atoms with Gasteiger partial charge in [0, 0.05) is 13.0 Å². The van der Waals surface area contributed by atoms with Crippen molar-refractivity contribution in [1.82, 2.24) is 20.5 Å². The summed E-state index contributed by atoms with van der Waals surface area (Å²) < 4.78 is 31.4. The second kappa shape index (κ2) is 7.49. The maximum absolute atomic E-state index is 14.6. The van der Waals surface area contributed by atoms with Crippen LogP contribution in [-0.4, -0.2) is 40.3 Å². The Labute approximate surface area is 160 Å². The van der Waals surface area contributed by atoms with E-state index in [-0.39, 0.29) is 36.0 Å². The molecule has 2 N–H and O–H groups in total. The van der Waals surface area contributed by atoms with Crippen LogP contribution in [0.5, 0.6) is 11.6 Å². The lowest BCUT2D eigenvalue weighted by Gasteiger charge is -2.11. The van der Waals surface area contributed by atoms with Crippen molar-refractivity contribution in [3.05, 3.63) is 24.0 Å². The zero-order valence-corrected chi connectivity index (χ0v) is 15.6. The molecule has 1 atom stereocenters. The SMILES string of the molecule is CC(=O)NC(C)COc1n[nH]c(-c2nc3ccc(OCC4CC4)cc3o2)c1F. The van der Waals surface area contributed by atoms with Gasteiger partial charge in [-0.2, -0.15) is 4.39 Å². The Balaban J connectivity index is 1.48. The first-order valence-corrected chi connectivity index (χ1v) is 9.17. The van der Waals surface area contributed by atoms with Crippen LogP contribution in [0, 0.1) is 11.7 Å². The number of rotatable bonds is 8. The van der Waals surface area contributed by atoms with Crippen molar-refractivity contribution < 1.29 is 23.1 Å². The standard InChI is InChI=1S/C19H21FN4O4/c1-10(21-11(2)25)8-27-18-16(20)17(23-24-18)19-22-14-6-5-13(7-15(14)28-19)26-9-12-3-4-12/h5-7,10,12H,3-4,8-9H2,1-2H3,(H,21,25)(H,23,24). The molecule has 1 saturated carbocycles. The Morgan fingerprint density at radius 3 is 3.00 bits per heavy atom. The summed E-state index contributed by atoms with van der Waals surface area (Å²) in [6.45, 7) is 3.92. The highest BCUT2D eigenvalue weighted by Gasteiger charge is 2.23. The van der Waals surface area contributed by atoms with Crippen molar-refractivity contribution in [1.29, 1.82) is 0 Å². The van der Waals surface area contributed by atoms with Crippen LogP contribution in [0.4, 0.5) is 4.39 Å². The van der Waals surface area contributed by atoms with Gasteiger partial charge < -0.3 is 19.2 Å². The summed E-state index contributed by atoms with van der Waals surface area (Å²) in [6.07, 6.45) is 2.42. The first-order valence-electron chi connectivity index (χ1n) is 9.17. The van der Waals surface area contributed by atoms with E-state index < -0.39 is 5.82 Å². The molecule has 2 heterocycles. The molecular weight excluding hydrogens is 367 g/mol. The van der Waals surface area contributed by atoms with E-state index in [4.69, 9.17) is 13.9 Å². The fourth-order valence-corrected chi connectivity index (χ4v) is 2.74. The van der Waals surface area contributed by atoms with E-state index in [1.54, 1.807) is 19.1 Å². The molecule has 0 saturated heterocycles. The number of oxazole rings is 1. The van der Waals surface area contributed by atoms with E-state index in [1.807, 2.05) is 6.07 Å².